The third-order valence-corrected chi connectivity index (χ3v) is 2.92. The Morgan fingerprint density at radius 1 is 1.28 bits per heavy atom. The molecule has 4 heteroatoms. The van der Waals surface area contributed by atoms with Crippen LogP contribution in [0.1, 0.15) is 18.9 Å². The summed E-state index contributed by atoms with van der Waals surface area (Å²) in [4.78, 5) is 0. The van der Waals surface area contributed by atoms with Crippen LogP contribution in [0.5, 0.6) is 5.75 Å². The minimum absolute atomic E-state index is 0.142. The Morgan fingerprint density at radius 2 is 1.94 bits per heavy atom. The molecule has 0 aliphatic rings. The molecule has 0 saturated carbocycles. The fourth-order valence-corrected chi connectivity index (χ4v) is 1.74. The Morgan fingerprint density at radius 3 is 2.44 bits per heavy atom. The number of nitrogens with two attached hydrogens (primary N) is 1. The summed E-state index contributed by atoms with van der Waals surface area (Å²) in [6.45, 7) is 3.11. The molecule has 0 spiro atoms. The zero-order chi connectivity index (χ0) is 13.4. The average molecular weight is 253 g/mol. The molecule has 1 unspecified atom stereocenters. The van der Waals surface area contributed by atoms with Crippen molar-refractivity contribution in [2.75, 3.05) is 26.9 Å². The fraction of sp³-hybridized carbons (Fsp3) is 0.571. The first-order valence-corrected chi connectivity index (χ1v) is 6.21. The molecule has 0 amide bonds. The van der Waals surface area contributed by atoms with E-state index in [1.165, 1.54) is 0 Å². The van der Waals surface area contributed by atoms with Gasteiger partial charge in [0.05, 0.1) is 12.7 Å². The van der Waals surface area contributed by atoms with E-state index in [1.54, 1.807) is 7.11 Å². The Labute approximate surface area is 109 Å². The molecule has 3 N–H and O–H groups in total. The minimum atomic E-state index is -0.385. The van der Waals surface area contributed by atoms with Gasteiger partial charge in [0, 0.05) is 26.2 Å². The van der Waals surface area contributed by atoms with Crippen LogP contribution in [0.15, 0.2) is 24.3 Å². The van der Waals surface area contributed by atoms with Gasteiger partial charge in [-0.25, -0.2) is 0 Å². The van der Waals surface area contributed by atoms with Crippen LogP contribution < -0.4 is 10.5 Å². The maximum atomic E-state index is 8.76. The molecule has 0 fully saturated rings. The molecular weight excluding hydrogens is 230 g/mol. The van der Waals surface area contributed by atoms with Crippen LogP contribution in [0, 0.1) is 0 Å². The SMILES string of the molecule is COc1ccc(CC(C)(CN)OCCCO)cc1. The topological polar surface area (TPSA) is 64.7 Å². The highest BCUT2D eigenvalue weighted by molar-refractivity contribution is 5.28. The predicted molar refractivity (Wildman–Crippen MR) is 71.8 cm³/mol. The van der Waals surface area contributed by atoms with E-state index in [-0.39, 0.29) is 12.2 Å². The van der Waals surface area contributed by atoms with E-state index >= 15 is 0 Å². The Balaban J connectivity index is 2.59. The van der Waals surface area contributed by atoms with E-state index in [0.29, 0.717) is 19.6 Å². The zero-order valence-electron chi connectivity index (χ0n) is 11.2. The average Bonchev–Trinajstić information content (AvgIpc) is 2.40. The van der Waals surface area contributed by atoms with Gasteiger partial charge in [-0.3, -0.25) is 0 Å². The number of benzene rings is 1. The van der Waals surface area contributed by atoms with Gasteiger partial charge in [0.15, 0.2) is 0 Å². The van der Waals surface area contributed by atoms with Crippen LogP contribution >= 0.6 is 0 Å². The molecule has 1 aromatic rings. The lowest BCUT2D eigenvalue weighted by Gasteiger charge is -2.28. The summed E-state index contributed by atoms with van der Waals surface area (Å²) in [6.07, 6.45) is 1.39. The smallest absolute Gasteiger partial charge is 0.118 e. The lowest BCUT2D eigenvalue weighted by atomic mass is 9.96. The highest BCUT2D eigenvalue weighted by Gasteiger charge is 2.23. The normalized spacial score (nSPS) is 14.2. The molecule has 18 heavy (non-hydrogen) atoms. The lowest BCUT2D eigenvalue weighted by Crippen LogP contribution is -2.40. The molecule has 0 saturated heterocycles. The van der Waals surface area contributed by atoms with Crippen LogP contribution in [-0.4, -0.2) is 37.6 Å². The van der Waals surface area contributed by atoms with E-state index in [9.17, 15) is 0 Å². The number of aliphatic hydroxyl groups excluding tert-OH is 1. The Kier molecular flexibility index (Phi) is 6.12. The second-order valence-corrected chi connectivity index (χ2v) is 4.60. The predicted octanol–water partition coefficient (Wildman–Crippen LogP) is 1.35. The molecule has 4 nitrogen and oxygen atoms in total. The molecule has 102 valence electrons. The van der Waals surface area contributed by atoms with Crippen molar-refractivity contribution in [2.45, 2.75) is 25.4 Å². The van der Waals surface area contributed by atoms with Crippen LogP contribution in [-0.2, 0) is 11.2 Å². The molecule has 0 aromatic heterocycles. The number of hydrogen-bond donors (Lipinski definition) is 2. The van der Waals surface area contributed by atoms with Gasteiger partial charge in [-0.2, -0.15) is 0 Å². The van der Waals surface area contributed by atoms with Crippen molar-refractivity contribution < 1.29 is 14.6 Å². The van der Waals surface area contributed by atoms with Crippen molar-refractivity contribution >= 4 is 0 Å². The van der Waals surface area contributed by atoms with Gasteiger partial charge in [-0.15, -0.1) is 0 Å². The summed E-state index contributed by atoms with van der Waals surface area (Å²) in [6, 6.07) is 7.89. The summed E-state index contributed by atoms with van der Waals surface area (Å²) < 4.78 is 10.9. The number of aliphatic hydroxyl groups is 1. The molecule has 0 bridgehead atoms. The molecule has 0 radical (unpaired) electrons. The monoisotopic (exact) mass is 253 g/mol. The summed E-state index contributed by atoms with van der Waals surface area (Å²) >= 11 is 0. The van der Waals surface area contributed by atoms with E-state index in [1.807, 2.05) is 31.2 Å². The number of hydrogen-bond acceptors (Lipinski definition) is 4. The van der Waals surface area contributed by atoms with Crippen molar-refractivity contribution in [3.8, 4) is 5.75 Å². The van der Waals surface area contributed by atoms with Crippen LogP contribution in [0.2, 0.25) is 0 Å². The Bertz CT molecular complexity index is 339. The van der Waals surface area contributed by atoms with E-state index in [0.717, 1.165) is 17.7 Å². The summed E-state index contributed by atoms with van der Waals surface area (Å²) in [5, 5.41) is 8.76. The molecular formula is C14H23NO3. The first kappa shape index (κ1) is 15.0. The molecule has 1 aromatic carbocycles. The van der Waals surface area contributed by atoms with E-state index in [4.69, 9.17) is 20.3 Å². The summed E-state index contributed by atoms with van der Waals surface area (Å²) in [5.41, 5.74) is 6.56. The zero-order valence-corrected chi connectivity index (χ0v) is 11.2. The van der Waals surface area contributed by atoms with Crippen LogP contribution in [0.3, 0.4) is 0 Å². The van der Waals surface area contributed by atoms with Gasteiger partial charge < -0.3 is 20.3 Å². The van der Waals surface area contributed by atoms with Gasteiger partial charge in [0.1, 0.15) is 5.75 Å². The number of ether oxygens (including phenoxy) is 2. The van der Waals surface area contributed by atoms with Crippen molar-refractivity contribution in [3.05, 3.63) is 29.8 Å². The maximum Gasteiger partial charge on any atom is 0.118 e. The van der Waals surface area contributed by atoms with Gasteiger partial charge in [-0.05, 0) is 31.0 Å². The second-order valence-electron chi connectivity index (χ2n) is 4.60. The largest absolute Gasteiger partial charge is 0.497 e. The van der Waals surface area contributed by atoms with Gasteiger partial charge in [0.25, 0.3) is 0 Å². The quantitative estimate of drug-likeness (QED) is 0.686. The summed E-state index contributed by atoms with van der Waals surface area (Å²) in [7, 11) is 1.65. The standard InChI is InChI=1S/C14H23NO3/c1-14(11-15,18-9-3-8-16)10-12-4-6-13(17-2)7-5-12/h4-7,16H,3,8-11,15H2,1-2H3. The van der Waals surface area contributed by atoms with Crippen molar-refractivity contribution in [1.29, 1.82) is 0 Å². The van der Waals surface area contributed by atoms with Crippen molar-refractivity contribution in [3.63, 3.8) is 0 Å². The maximum absolute atomic E-state index is 8.76. The van der Waals surface area contributed by atoms with Gasteiger partial charge in [-0.1, -0.05) is 12.1 Å². The first-order chi connectivity index (χ1) is 8.63. The molecule has 0 heterocycles. The molecule has 0 aliphatic carbocycles. The van der Waals surface area contributed by atoms with Crippen molar-refractivity contribution in [2.24, 2.45) is 5.73 Å². The summed E-state index contributed by atoms with van der Waals surface area (Å²) in [5.74, 6) is 0.842. The minimum Gasteiger partial charge on any atom is -0.497 e. The third-order valence-electron chi connectivity index (χ3n) is 2.92. The number of methoxy groups -OCH3 is 1. The highest BCUT2D eigenvalue weighted by Crippen LogP contribution is 2.19. The van der Waals surface area contributed by atoms with Crippen LogP contribution in [0.4, 0.5) is 0 Å². The van der Waals surface area contributed by atoms with E-state index < -0.39 is 0 Å². The Hall–Kier alpha value is -1.10. The lowest BCUT2D eigenvalue weighted by molar-refractivity contribution is -0.0292. The fourth-order valence-electron chi connectivity index (χ4n) is 1.74. The van der Waals surface area contributed by atoms with Gasteiger partial charge in [0.2, 0.25) is 0 Å². The van der Waals surface area contributed by atoms with Crippen molar-refractivity contribution in [1.82, 2.24) is 0 Å². The molecule has 1 atom stereocenters. The van der Waals surface area contributed by atoms with Gasteiger partial charge >= 0.3 is 0 Å². The number of rotatable bonds is 8. The van der Waals surface area contributed by atoms with E-state index in [2.05, 4.69) is 0 Å². The van der Waals surface area contributed by atoms with Crippen LogP contribution in [0.25, 0.3) is 0 Å². The first-order valence-electron chi connectivity index (χ1n) is 6.21. The molecule has 1 rings (SSSR count). The second kappa shape index (κ2) is 7.36. The molecule has 0 aliphatic heterocycles. The third kappa shape index (κ3) is 4.64. The highest BCUT2D eigenvalue weighted by atomic mass is 16.5.